The number of ether oxygens (including phenoxy) is 4. The molecule has 298 valence electrons. The topological polar surface area (TPSA) is 111 Å². The largest absolute Gasteiger partial charge is 0.545 e. The molecule has 0 aliphatic carbocycles. The van der Waals surface area contributed by atoms with Gasteiger partial charge in [-0.1, -0.05) is 134 Å². The van der Waals surface area contributed by atoms with E-state index in [-0.39, 0.29) is 32.2 Å². The lowest BCUT2D eigenvalue weighted by molar-refractivity contribution is -0.870. The zero-order chi connectivity index (χ0) is 37.8. The van der Waals surface area contributed by atoms with E-state index in [4.69, 9.17) is 18.9 Å². The number of likely N-dealkylation sites (N-methyl/N-ethyl adjacent to an activating group) is 1. The first-order chi connectivity index (χ1) is 24.6. The van der Waals surface area contributed by atoms with Gasteiger partial charge in [0.25, 0.3) is 0 Å². The fourth-order valence-corrected chi connectivity index (χ4v) is 5.45. The van der Waals surface area contributed by atoms with Gasteiger partial charge in [0.1, 0.15) is 13.2 Å². The second kappa shape index (κ2) is 34.8. The molecule has 0 aliphatic rings. The van der Waals surface area contributed by atoms with Crippen molar-refractivity contribution in [1.82, 2.24) is 0 Å². The SMILES string of the molecule is CCCCC/C=C\C/C=C\CCCCCCCCCCCC(=O)OC(COC(=O)CCCCCCCCC)COC(OCC[N+](C)(C)C)C(=O)[O-]. The lowest BCUT2D eigenvalue weighted by Crippen LogP contribution is -2.44. The number of carbonyl (C=O) groups excluding carboxylic acids is 3. The maximum Gasteiger partial charge on any atom is 0.306 e. The summed E-state index contributed by atoms with van der Waals surface area (Å²) in [5.41, 5.74) is 0. The highest BCUT2D eigenvalue weighted by Gasteiger charge is 2.21. The summed E-state index contributed by atoms with van der Waals surface area (Å²) >= 11 is 0. The van der Waals surface area contributed by atoms with Crippen LogP contribution in [0.3, 0.4) is 0 Å². The zero-order valence-corrected chi connectivity index (χ0v) is 33.5. The third kappa shape index (κ3) is 35.9. The highest BCUT2D eigenvalue weighted by molar-refractivity contribution is 5.70. The summed E-state index contributed by atoms with van der Waals surface area (Å²) in [6.45, 7) is 4.65. The van der Waals surface area contributed by atoms with Crippen molar-refractivity contribution in [3.05, 3.63) is 24.3 Å². The van der Waals surface area contributed by atoms with Gasteiger partial charge < -0.3 is 33.3 Å². The summed E-state index contributed by atoms with van der Waals surface area (Å²) in [7, 11) is 5.89. The van der Waals surface area contributed by atoms with Crippen LogP contribution in [0.4, 0.5) is 0 Å². The number of quaternary nitrogens is 1. The number of carboxylic acid groups (broad SMARTS) is 1. The summed E-state index contributed by atoms with van der Waals surface area (Å²) in [4.78, 5) is 36.7. The van der Waals surface area contributed by atoms with Gasteiger partial charge in [-0.3, -0.25) is 9.59 Å². The molecule has 0 aromatic rings. The number of carbonyl (C=O) groups is 3. The van der Waals surface area contributed by atoms with Crippen LogP contribution < -0.4 is 5.11 Å². The van der Waals surface area contributed by atoms with Gasteiger partial charge in [-0.05, 0) is 44.9 Å². The van der Waals surface area contributed by atoms with E-state index in [1.807, 2.05) is 21.1 Å². The fraction of sp³-hybridized carbons (Fsp3) is 0.833. The molecule has 0 saturated heterocycles. The van der Waals surface area contributed by atoms with Crippen LogP contribution in [0.2, 0.25) is 0 Å². The number of aliphatic carboxylic acids is 1. The van der Waals surface area contributed by atoms with Crippen LogP contribution in [0.5, 0.6) is 0 Å². The van der Waals surface area contributed by atoms with Crippen molar-refractivity contribution < 1.29 is 42.9 Å². The van der Waals surface area contributed by atoms with Gasteiger partial charge in [-0.25, -0.2) is 0 Å². The molecule has 0 bridgehead atoms. The average Bonchev–Trinajstić information content (AvgIpc) is 3.08. The normalized spacial score (nSPS) is 13.2. The van der Waals surface area contributed by atoms with Gasteiger partial charge in [-0.2, -0.15) is 0 Å². The van der Waals surface area contributed by atoms with Crippen LogP contribution in [-0.2, 0) is 33.3 Å². The molecule has 0 radical (unpaired) electrons. The van der Waals surface area contributed by atoms with E-state index in [9.17, 15) is 19.5 Å². The molecule has 0 aromatic heterocycles. The molecule has 0 heterocycles. The lowest BCUT2D eigenvalue weighted by Gasteiger charge is -2.26. The van der Waals surface area contributed by atoms with E-state index in [1.165, 1.54) is 83.5 Å². The Balaban J connectivity index is 4.37. The van der Waals surface area contributed by atoms with E-state index in [0.717, 1.165) is 51.4 Å². The number of hydrogen-bond donors (Lipinski definition) is 0. The molecule has 0 spiro atoms. The number of hydrogen-bond acceptors (Lipinski definition) is 8. The summed E-state index contributed by atoms with van der Waals surface area (Å²) in [5, 5.41) is 11.6. The van der Waals surface area contributed by atoms with Gasteiger partial charge >= 0.3 is 11.9 Å². The summed E-state index contributed by atoms with van der Waals surface area (Å²) in [6.07, 6.45) is 32.2. The number of unbranched alkanes of at least 4 members (excludes halogenated alkanes) is 18. The number of esters is 2. The van der Waals surface area contributed by atoms with Crippen molar-refractivity contribution in [3.8, 4) is 0 Å². The first-order valence-corrected chi connectivity index (χ1v) is 20.5. The summed E-state index contributed by atoms with van der Waals surface area (Å²) in [6, 6.07) is 0. The van der Waals surface area contributed by atoms with E-state index < -0.39 is 24.3 Å². The molecular weight excluding hydrogens is 646 g/mol. The second-order valence-corrected chi connectivity index (χ2v) is 14.9. The average molecular weight is 724 g/mol. The third-order valence-corrected chi connectivity index (χ3v) is 8.70. The maximum atomic E-state index is 12.7. The Hall–Kier alpha value is -2.23. The Morgan fingerprint density at radius 3 is 1.59 bits per heavy atom. The van der Waals surface area contributed by atoms with Crippen LogP contribution in [0.25, 0.3) is 0 Å². The summed E-state index contributed by atoms with van der Waals surface area (Å²) in [5.74, 6) is -2.30. The van der Waals surface area contributed by atoms with E-state index >= 15 is 0 Å². The molecule has 2 atom stereocenters. The van der Waals surface area contributed by atoms with E-state index in [2.05, 4.69) is 38.2 Å². The molecule has 0 amide bonds. The predicted molar refractivity (Wildman–Crippen MR) is 205 cm³/mol. The van der Waals surface area contributed by atoms with Crippen LogP contribution >= 0.6 is 0 Å². The third-order valence-electron chi connectivity index (χ3n) is 8.70. The standard InChI is InChI=1S/C42H77NO8/c1-6-8-10-12-14-15-16-17-18-19-20-21-22-23-24-25-27-29-31-33-40(45)51-38(36-49-39(44)32-30-28-26-13-11-9-7-2)37-50-42(41(46)47)48-35-34-43(3,4)5/h14-15,17-18,38,42H,6-13,16,19-37H2,1-5H3/b15-14-,18-17-. The van der Waals surface area contributed by atoms with Crippen molar-refractivity contribution in [2.75, 3.05) is 47.5 Å². The van der Waals surface area contributed by atoms with Crippen molar-refractivity contribution in [2.24, 2.45) is 0 Å². The number of allylic oxidation sites excluding steroid dienone is 4. The smallest absolute Gasteiger partial charge is 0.306 e. The Labute approximate surface area is 312 Å². The molecule has 51 heavy (non-hydrogen) atoms. The molecule has 0 fully saturated rings. The van der Waals surface area contributed by atoms with Gasteiger partial charge in [0.2, 0.25) is 0 Å². The van der Waals surface area contributed by atoms with Crippen molar-refractivity contribution in [3.63, 3.8) is 0 Å². The second-order valence-electron chi connectivity index (χ2n) is 14.9. The van der Waals surface area contributed by atoms with Crippen molar-refractivity contribution in [2.45, 2.75) is 180 Å². The Morgan fingerprint density at radius 2 is 1.06 bits per heavy atom. The minimum absolute atomic E-state index is 0.148. The Bertz CT molecular complexity index is 898. The maximum absolute atomic E-state index is 12.7. The lowest BCUT2D eigenvalue weighted by atomic mass is 10.1. The van der Waals surface area contributed by atoms with Gasteiger partial charge in [0.05, 0.1) is 40.3 Å². The molecule has 9 nitrogen and oxygen atoms in total. The van der Waals surface area contributed by atoms with Crippen molar-refractivity contribution >= 4 is 17.9 Å². The Morgan fingerprint density at radius 1 is 0.588 bits per heavy atom. The van der Waals surface area contributed by atoms with Crippen molar-refractivity contribution in [1.29, 1.82) is 0 Å². The summed E-state index contributed by atoms with van der Waals surface area (Å²) < 4.78 is 22.4. The van der Waals surface area contributed by atoms with Crippen LogP contribution in [-0.4, -0.2) is 82.3 Å². The predicted octanol–water partition coefficient (Wildman–Crippen LogP) is 8.77. The fourth-order valence-electron chi connectivity index (χ4n) is 5.45. The van der Waals surface area contributed by atoms with Gasteiger partial charge in [-0.15, -0.1) is 0 Å². The Kier molecular flexibility index (Phi) is 33.3. The molecule has 0 N–H and O–H groups in total. The number of carboxylic acids is 1. The highest BCUT2D eigenvalue weighted by Crippen LogP contribution is 2.14. The zero-order valence-electron chi connectivity index (χ0n) is 33.5. The first-order valence-electron chi connectivity index (χ1n) is 20.5. The molecule has 0 rings (SSSR count). The van der Waals surface area contributed by atoms with Crippen LogP contribution in [0.15, 0.2) is 24.3 Å². The molecular formula is C42H77NO8. The van der Waals surface area contributed by atoms with Gasteiger partial charge in [0.15, 0.2) is 12.4 Å². The quantitative estimate of drug-likeness (QED) is 0.0206. The molecule has 2 unspecified atom stereocenters. The molecule has 0 aromatic carbocycles. The minimum atomic E-state index is -1.62. The van der Waals surface area contributed by atoms with E-state index in [1.54, 1.807) is 0 Å². The van der Waals surface area contributed by atoms with E-state index in [0.29, 0.717) is 23.9 Å². The molecule has 0 aliphatic heterocycles. The monoisotopic (exact) mass is 724 g/mol. The minimum Gasteiger partial charge on any atom is -0.545 e. The highest BCUT2D eigenvalue weighted by atomic mass is 16.7. The van der Waals surface area contributed by atoms with Gasteiger partial charge in [0, 0.05) is 12.8 Å². The first kappa shape index (κ1) is 48.8. The number of rotatable bonds is 37. The van der Waals surface area contributed by atoms with Crippen LogP contribution in [0, 0.1) is 0 Å². The number of nitrogens with zero attached hydrogens (tertiary/aromatic N) is 1. The van der Waals surface area contributed by atoms with Crippen LogP contribution in [0.1, 0.15) is 168 Å². The molecule has 0 saturated carbocycles. The molecule has 9 heteroatoms.